The summed E-state index contributed by atoms with van der Waals surface area (Å²) in [5, 5.41) is 13.0. The first-order valence-electron chi connectivity index (χ1n) is 6.89. The first-order valence-corrected chi connectivity index (χ1v) is 7.71. The molecule has 0 fully saturated rings. The van der Waals surface area contributed by atoms with Crippen molar-refractivity contribution in [3.05, 3.63) is 38.1 Å². The number of aryl methyl sites for hydroxylation is 3. The van der Waals surface area contributed by atoms with Gasteiger partial charge >= 0.3 is 5.97 Å². The van der Waals surface area contributed by atoms with E-state index in [-0.39, 0.29) is 17.6 Å². The van der Waals surface area contributed by atoms with Gasteiger partial charge in [-0.3, -0.25) is 4.79 Å². The second kappa shape index (κ2) is 5.92. The van der Waals surface area contributed by atoms with Crippen LogP contribution >= 0.6 is 11.3 Å². The number of hydrogen-bond acceptors (Lipinski definition) is 4. The normalized spacial score (nSPS) is 12.2. The lowest BCUT2D eigenvalue weighted by Crippen LogP contribution is -2.28. The van der Waals surface area contributed by atoms with Crippen LogP contribution in [-0.4, -0.2) is 27.0 Å². The van der Waals surface area contributed by atoms with E-state index >= 15 is 0 Å². The van der Waals surface area contributed by atoms with Crippen LogP contribution in [0, 0.1) is 27.7 Å². The van der Waals surface area contributed by atoms with Crippen molar-refractivity contribution in [2.24, 2.45) is 0 Å². The minimum atomic E-state index is -1.07. The highest BCUT2D eigenvalue weighted by Crippen LogP contribution is 2.24. The van der Waals surface area contributed by atoms with Crippen LogP contribution in [0.25, 0.3) is 0 Å². The van der Waals surface area contributed by atoms with E-state index in [2.05, 4.69) is 15.3 Å². The van der Waals surface area contributed by atoms with Crippen molar-refractivity contribution >= 4 is 23.2 Å². The lowest BCUT2D eigenvalue weighted by Gasteiger charge is -2.13. The molecule has 1 atom stereocenters. The fourth-order valence-corrected chi connectivity index (χ4v) is 3.50. The lowest BCUT2D eigenvalue weighted by molar-refractivity contribution is 0.0690. The summed E-state index contributed by atoms with van der Waals surface area (Å²) in [7, 11) is 0. The monoisotopic (exact) mass is 321 g/mol. The molecule has 6 nitrogen and oxygen atoms in total. The van der Waals surface area contributed by atoms with Gasteiger partial charge in [-0.2, -0.15) is 0 Å². The first-order chi connectivity index (χ1) is 10.2. The van der Waals surface area contributed by atoms with E-state index in [1.54, 1.807) is 25.2 Å². The number of aromatic amines is 1. The summed E-state index contributed by atoms with van der Waals surface area (Å²) in [6.07, 6.45) is 0. The molecule has 0 aromatic carbocycles. The van der Waals surface area contributed by atoms with Crippen LogP contribution in [-0.2, 0) is 0 Å². The molecule has 1 amide bonds. The molecule has 0 radical (unpaired) electrons. The van der Waals surface area contributed by atoms with E-state index in [0.29, 0.717) is 16.8 Å². The molecule has 0 bridgehead atoms. The number of rotatable bonds is 4. The number of carbonyl (C=O) groups excluding carboxylic acids is 1. The molecule has 2 rings (SSSR count). The van der Waals surface area contributed by atoms with Gasteiger partial charge in [-0.25, -0.2) is 9.78 Å². The van der Waals surface area contributed by atoms with Crippen LogP contribution in [0.4, 0.5) is 0 Å². The highest BCUT2D eigenvalue weighted by Gasteiger charge is 2.23. The molecule has 0 aliphatic carbocycles. The summed E-state index contributed by atoms with van der Waals surface area (Å²) in [6, 6.07) is -0.237. The Hall–Kier alpha value is -2.15. The van der Waals surface area contributed by atoms with E-state index in [4.69, 9.17) is 5.11 Å². The topological polar surface area (TPSA) is 95.1 Å². The minimum Gasteiger partial charge on any atom is -0.477 e. The number of nitrogens with one attached hydrogen (secondary N) is 2. The smallest absolute Gasteiger partial charge is 0.352 e. The quantitative estimate of drug-likeness (QED) is 0.807. The van der Waals surface area contributed by atoms with Gasteiger partial charge in [-0.15, -0.1) is 11.3 Å². The maximum Gasteiger partial charge on any atom is 0.352 e. The maximum atomic E-state index is 12.5. The zero-order valence-corrected chi connectivity index (χ0v) is 14.0. The number of aromatic carboxylic acids is 1. The molecule has 0 aliphatic rings. The van der Waals surface area contributed by atoms with Crippen molar-refractivity contribution in [3.63, 3.8) is 0 Å². The van der Waals surface area contributed by atoms with Crippen molar-refractivity contribution < 1.29 is 14.7 Å². The van der Waals surface area contributed by atoms with Crippen molar-refractivity contribution in [2.45, 2.75) is 40.7 Å². The van der Waals surface area contributed by atoms with Crippen LogP contribution in [0.1, 0.15) is 60.6 Å². The number of carbonyl (C=O) groups is 2. The maximum absolute atomic E-state index is 12.5. The fraction of sp³-hybridized carbons (Fsp3) is 0.400. The molecule has 3 N–H and O–H groups in total. The van der Waals surface area contributed by atoms with Gasteiger partial charge in [-0.1, -0.05) is 0 Å². The highest BCUT2D eigenvalue weighted by molar-refractivity contribution is 7.11. The first kappa shape index (κ1) is 16.2. The molecule has 2 aromatic heterocycles. The number of hydrogen-bond donors (Lipinski definition) is 3. The Morgan fingerprint density at radius 3 is 2.36 bits per heavy atom. The molecule has 0 saturated carbocycles. The largest absolute Gasteiger partial charge is 0.477 e. The lowest BCUT2D eigenvalue weighted by atomic mass is 10.1. The van der Waals surface area contributed by atoms with Crippen molar-refractivity contribution in [2.75, 3.05) is 0 Å². The second-order valence-electron chi connectivity index (χ2n) is 5.30. The number of nitrogens with zero attached hydrogens (tertiary/aromatic N) is 1. The predicted octanol–water partition coefficient (Wildman–Crippen LogP) is 2.89. The Balaban J connectivity index is 2.26. The number of amides is 1. The number of carboxylic acids is 1. The van der Waals surface area contributed by atoms with Crippen LogP contribution in [0.5, 0.6) is 0 Å². The third-order valence-corrected chi connectivity index (χ3v) is 4.48. The third-order valence-electron chi connectivity index (χ3n) is 3.58. The standard InChI is InChI=1S/C15H19N3O3S/c1-6-11(7(2)16-12(6)15(20)21)14(19)17-8(3)13-9(4)22-10(5)18-13/h8,16H,1-5H3,(H,17,19)(H,20,21)/t8-/m0/s1. The fourth-order valence-electron chi connectivity index (χ4n) is 2.59. The van der Waals surface area contributed by atoms with Crippen LogP contribution in [0.2, 0.25) is 0 Å². The van der Waals surface area contributed by atoms with E-state index in [0.717, 1.165) is 15.6 Å². The zero-order valence-electron chi connectivity index (χ0n) is 13.2. The molecular formula is C15H19N3O3S. The van der Waals surface area contributed by atoms with Crippen LogP contribution in [0.15, 0.2) is 0 Å². The minimum absolute atomic E-state index is 0.0518. The van der Waals surface area contributed by atoms with E-state index in [1.165, 1.54) is 0 Å². The summed E-state index contributed by atoms with van der Waals surface area (Å²) in [6.45, 7) is 9.09. The average Bonchev–Trinajstić information content (AvgIpc) is 2.89. The molecule has 7 heteroatoms. The molecular weight excluding hydrogens is 302 g/mol. The van der Waals surface area contributed by atoms with Gasteiger partial charge in [0, 0.05) is 10.6 Å². The van der Waals surface area contributed by atoms with Crippen LogP contribution in [0.3, 0.4) is 0 Å². The van der Waals surface area contributed by atoms with Crippen molar-refractivity contribution in [3.8, 4) is 0 Å². The van der Waals surface area contributed by atoms with Gasteiger partial charge in [0.25, 0.3) is 5.91 Å². The summed E-state index contributed by atoms with van der Waals surface area (Å²) in [4.78, 5) is 31.9. The zero-order chi connectivity index (χ0) is 16.6. The Morgan fingerprint density at radius 2 is 1.91 bits per heavy atom. The number of thiazole rings is 1. The van der Waals surface area contributed by atoms with E-state index < -0.39 is 5.97 Å². The molecule has 22 heavy (non-hydrogen) atoms. The molecule has 2 heterocycles. The van der Waals surface area contributed by atoms with E-state index in [1.807, 2.05) is 20.8 Å². The Morgan fingerprint density at radius 1 is 1.27 bits per heavy atom. The summed E-state index contributed by atoms with van der Waals surface area (Å²) >= 11 is 1.59. The van der Waals surface area contributed by atoms with Gasteiger partial charge in [0.1, 0.15) is 5.69 Å². The van der Waals surface area contributed by atoms with Gasteiger partial charge in [0.15, 0.2) is 0 Å². The van der Waals surface area contributed by atoms with Gasteiger partial charge in [0.05, 0.1) is 22.3 Å². The van der Waals surface area contributed by atoms with Crippen molar-refractivity contribution in [1.82, 2.24) is 15.3 Å². The second-order valence-corrected chi connectivity index (χ2v) is 6.71. The van der Waals surface area contributed by atoms with Gasteiger partial charge in [-0.05, 0) is 40.2 Å². The van der Waals surface area contributed by atoms with Crippen molar-refractivity contribution in [1.29, 1.82) is 0 Å². The van der Waals surface area contributed by atoms with E-state index in [9.17, 15) is 9.59 Å². The summed E-state index contributed by atoms with van der Waals surface area (Å²) < 4.78 is 0. The Labute approximate surface area is 132 Å². The Bertz CT molecular complexity index is 746. The highest BCUT2D eigenvalue weighted by atomic mass is 32.1. The summed E-state index contributed by atoms with van der Waals surface area (Å²) in [5.74, 6) is -1.37. The van der Waals surface area contributed by atoms with Gasteiger partial charge in [0.2, 0.25) is 0 Å². The molecule has 0 aliphatic heterocycles. The third kappa shape index (κ3) is 2.89. The molecule has 118 valence electrons. The number of carboxylic acid groups (broad SMARTS) is 1. The van der Waals surface area contributed by atoms with Crippen LogP contribution < -0.4 is 5.32 Å². The van der Waals surface area contributed by atoms with Gasteiger partial charge < -0.3 is 15.4 Å². The predicted molar refractivity (Wildman–Crippen MR) is 84.7 cm³/mol. The average molecular weight is 321 g/mol. The SMILES string of the molecule is Cc1nc([C@H](C)NC(=O)c2c(C)[nH]c(C(=O)O)c2C)c(C)s1. The Kier molecular flexibility index (Phi) is 4.37. The summed E-state index contributed by atoms with van der Waals surface area (Å²) in [5.41, 5.74) is 2.27. The number of aromatic nitrogens is 2. The molecule has 0 spiro atoms. The number of H-pyrrole nitrogens is 1. The molecule has 2 aromatic rings. The molecule has 0 saturated heterocycles. The molecule has 0 unspecified atom stereocenters.